The van der Waals surface area contributed by atoms with E-state index in [-0.39, 0.29) is 5.41 Å². The molecule has 0 unspecified atom stereocenters. The van der Waals surface area contributed by atoms with Crippen LogP contribution in [0, 0.1) is 0 Å². The number of hydrogen-bond donors (Lipinski definition) is 2. The largest absolute Gasteiger partial charge is 0.318 e. The summed E-state index contributed by atoms with van der Waals surface area (Å²) in [4.78, 5) is 24.3. The first-order valence-electron chi connectivity index (χ1n) is 7.35. The first kappa shape index (κ1) is 18.3. The van der Waals surface area contributed by atoms with Crippen LogP contribution in [0.1, 0.15) is 26.3 Å². The molecule has 2 amide bonds. The van der Waals surface area contributed by atoms with Crippen molar-refractivity contribution >= 4 is 46.4 Å². The lowest BCUT2D eigenvalue weighted by atomic mass is 9.86. The maximum absolute atomic E-state index is 12.2. The van der Waals surface area contributed by atoms with E-state index in [4.69, 9.17) is 23.2 Å². The molecule has 0 fully saturated rings. The lowest BCUT2D eigenvalue weighted by molar-refractivity contribution is -0.133. The zero-order valence-electron chi connectivity index (χ0n) is 13.6. The van der Waals surface area contributed by atoms with E-state index < -0.39 is 11.8 Å². The zero-order chi connectivity index (χ0) is 17.9. The minimum absolute atomic E-state index is 0.166. The third-order valence-electron chi connectivity index (χ3n) is 3.31. The van der Waals surface area contributed by atoms with Gasteiger partial charge in [-0.3, -0.25) is 9.59 Å². The molecule has 0 aromatic heterocycles. The summed E-state index contributed by atoms with van der Waals surface area (Å²) in [6.45, 7) is 6.10. The summed E-state index contributed by atoms with van der Waals surface area (Å²) in [6.07, 6.45) is 0. The van der Waals surface area contributed by atoms with Crippen LogP contribution in [0.2, 0.25) is 10.0 Å². The average Bonchev–Trinajstić information content (AvgIpc) is 2.45. The smallest absolute Gasteiger partial charge is 0.314 e. The Morgan fingerprint density at radius 1 is 0.875 bits per heavy atom. The van der Waals surface area contributed by atoms with Crippen LogP contribution < -0.4 is 10.6 Å². The van der Waals surface area contributed by atoms with Gasteiger partial charge in [0.1, 0.15) is 0 Å². The molecule has 126 valence electrons. The van der Waals surface area contributed by atoms with E-state index in [1.165, 1.54) is 12.1 Å². The molecule has 2 aromatic carbocycles. The number of benzene rings is 2. The zero-order valence-corrected chi connectivity index (χ0v) is 15.1. The molecule has 0 saturated heterocycles. The summed E-state index contributed by atoms with van der Waals surface area (Å²) in [5.41, 5.74) is 1.74. The van der Waals surface area contributed by atoms with Crippen LogP contribution in [0.4, 0.5) is 11.4 Å². The summed E-state index contributed by atoms with van der Waals surface area (Å²) in [5, 5.41) is 5.87. The molecule has 0 saturated carbocycles. The maximum Gasteiger partial charge on any atom is 0.314 e. The van der Waals surface area contributed by atoms with Crippen molar-refractivity contribution in [3.8, 4) is 0 Å². The van der Waals surface area contributed by atoms with E-state index in [1.807, 2.05) is 32.9 Å². The minimum Gasteiger partial charge on any atom is -0.318 e. The topological polar surface area (TPSA) is 58.2 Å². The molecule has 24 heavy (non-hydrogen) atoms. The first-order chi connectivity index (χ1) is 11.2. The van der Waals surface area contributed by atoms with Gasteiger partial charge < -0.3 is 10.6 Å². The number of rotatable bonds is 2. The van der Waals surface area contributed by atoms with E-state index in [1.54, 1.807) is 18.2 Å². The first-order valence-corrected chi connectivity index (χ1v) is 8.10. The number of amides is 2. The van der Waals surface area contributed by atoms with Gasteiger partial charge in [-0.2, -0.15) is 0 Å². The van der Waals surface area contributed by atoms with E-state index in [0.717, 1.165) is 5.56 Å². The molecule has 0 radical (unpaired) electrons. The van der Waals surface area contributed by atoms with Crippen molar-refractivity contribution in [3.05, 3.63) is 58.1 Å². The molecule has 6 heteroatoms. The van der Waals surface area contributed by atoms with Crippen LogP contribution in [0.3, 0.4) is 0 Å². The Bertz CT molecular complexity index is 763. The minimum atomic E-state index is -0.794. The number of halogens is 2. The number of nitrogens with one attached hydrogen (secondary N) is 2. The average molecular weight is 365 g/mol. The molecule has 0 aliphatic carbocycles. The van der Waals surface area contributed by atoms with Gasteiger partial charge in [0.05, 0.1) is 0 Å². The van der Waals surface area contributed by atoms with Gasteiger partial charge in [0.2, 0.25) is 0 Å². The van der Waals surface area contributed by atoms with Crippen LogP contribution in [-0.4, -0.2) is 11.8 Å². The van der Waals surface area contributed by atoms with Gasteiger partial charge in [0, 0.05) is 21.4 Å². The van der Waals surface area contributed by atoms with Gasteiger partial charge in [-0.1, -0.05) is 62.2 Å². The van der Waals surface area contributed by atoms with Crippen LogP contribution in [0.15, 0.2) is 42.5 Å². The predicted molar refractivity (Wildman–Crippen MR) is 98.9 cm³/mol. The Morgan fingerprint density at radius 2 is 1.42 bits per heavy atom. The van der Waals surface area contributed by atoms with Crippen LogP contribution in [-0.2, 0) is 15.0 Å². The van der Waals surface area contributed by atoms with Crippen molar-refractivity contribution in [1.29, 1.82) is 0 Å². The van der Waals surface area contributed by atoms with Crippen molar-refractivity contribution < 1.29 is 9.59 Å². The highest BCUT2D eigenvalue weighted by molar-refractivity contribution is 6.44. The Kier molecular flexibility index (Phi) is 5.52. The molecule has 0 spiro atoms. The summed E-state index contributed by atoms with van der Waals surface area (Å²) in [5.74, 6) is -1.56. The van der Waals surface area contributed by atoms with E-state index in [2.05, 4.69) is 10.6 Å². The Hall–Kier alpha value is -2.04. The molecule has 2 N–H and O–H groups in total. The predicted octanol–water partition coefficient (Wildman–Crippen LogP) is 4.87. The molecular weight excluding hydrogens is 347 g/mol. The Morgan fingerprint density at radius 3 is 2.00 bits per heavy atom. The molecule has 4 nitrogen and oxygen atoms in total. The van der Waals surface area contributed by atoms with Gasteiger partial charge >= 0.3 is 11.8 Å². The quantitative estimate of drug-likeness (QED) is 0.746. The molecule has 2 aromatic rings. The Balaban J connectivity index is 2.14. The summed E-state index contributed by atoms with van der Waals surface area (Å²) in [7, 11) is 0. The monoisotopic (exact) mass is 364 g/mol. The number of carbonyl (C=O) groups excluding carboxylic acids is 2. The third kappa shape index (κ3) is 4.73. The van der Waals surface area contributed by atoms with E-state index in [0.29, 0.717) is 21.4 Å². The number of hydrogen-bond acceptors (Lipinski definition) is 2. The fraction of sp³-hybridized carbons (Fsp3) is 0.222. The van der Waals surface area contributed by atoms with Crippen LogP contribution in [0.25, 0.3) is 0 Å². The molecule has 0 atom stereocenters. The standard InChI is InChI=1S/C18H18Cl2N2O2/c1-18(2,3)14-6-4-5-7-15(14)22-17(24)16(23)21-13-9-11(19)8-12(20)10-13/h4-10H,1-3H3,(H,21,23)(H,22,24). The van der Waals surface area contributed by atoms with Crippen LogP contribution >= 0.6 is 23.2 Å². The Labute approximate surface area is 151 Å². The lowest BCUT2D eigenvalue weighted by Crippen LogP contribution is -2.30. The second kappa shape index (κ2) is 7.24. The second-order valence-corrected chi connectivity index (χ2v) is 7.23. The summed E-state index contributed by atoms with van der Waals surface area (Å²) in [6, 6.07) is 12.0. The normalized spacial score (nSPS) is 11.0. The van der Waals surface area contributed by atoms with Gasteiger partial charge in [0.15, 0.2) is 0 Å². The van der Waals surface area contributed by atoms with Gasteiger partial charge in [-0.05, 0) is 35.2 Å². The highest BCUT2D eigenvalue weighted by Gasteiger charge is 2.21. The van der Waals surface area contributed by atoms with Crippen molar-refractivity contribution in [1.82, 2.24) is 0 Å². The highest BCUT2D eigenvalue weighted by atomic mass is 35.5. The maximum atomic E-state index is 12.2. The van der Waals surface area contributed by atoms with Gasteiger partial charge in [-0.25, -0.2) is 0 Å². The fourth-order valence-electron chi connectivity index (χ4n) is 2.24. The van der Waals surface area contributed by atoms with Crippen molar-refractivity contribution in [2.45, 2.75) is 26.2 Å². The lowest BCUT2D eigenvalue weighted by Gasteiger charge is -2.22. The van der Waals surface area contributed by atoms with Gasteiger partial charge in [-0.15, -0.1) is 0 Å². The summed E-state index contributed by atoms with van der Waals surface area (Å²) >= 11 is 11.8. The van der Waals surface area contributed by atoms with E-state index in [9.17, 15) is 9.59 Å². The highest BCUT2D eigenvalue weighted by Crippen LogP contribution is 2.29. The second-order valence-electron chi connectivity index (χ2n) is 6.36. The van der Waals surface area contributed by atoms with Crippen molar-refractivity contribution in [3.63, 3.8) is 0 Å². The molecule has 0 heterocycles. The van der Waals surface area contributed by atoms with Crippen LogP contribution in [0.5, 0.6) is 0 Å². The number of anilines is 2. The van der Waals surface area contributed by atoms with E-state index >= 15 is 0 Å². The van der Waals surface area contributed by atoms with Crippen molar-refractivity contribution in [2.24, 2.45) is 0 Å². The molecule has 0 aliphatic heterocycles. The fourth-order valence-corrected chi connectivity index (χ4v) is 2.77. The molecule has 0 aliphatic rings. The summed E-state index contributed by atoms with van der Waals surface area (Å²) < 4.78 is 0. The number of carbonyl (C=O) groups is 2. The molecule has 2 rings (SSSR count). The number of para-hydroxylation sites is 1. The molecule has 0 bridgehead atoms. The SMILES string of the molecule is CC(C)(C)c1ccccc1NC(=O)C(=O)Nc1cc(Cl)cc(Cl)c1. The molecular formula is C18H18Cl2N2O2. The van der Waals surface area contributed by atoms with Crippen molar-refractivity contribution in [2.75, 3.05) is 10.6 Å². The van der Waals surface area contributed by atoms with Gasteiger partial charge in [0.25, 0.3) is 0 Å². The third-order valence-corrected chi connectivity index (χ3v) is 3.75.